The third kappa shape index (κ3) is 3.60. The number of nitrogens with one attached hydrogen (secondary N) is 1. The van der Waals surface area contributed by atoms with Gasteiger partial charge in [-0.1, -0.05) is 23.7 Å². The van der Waals surface area contributed by atoms with Crippen LogP contribution in [-0.2, 0) is 0 Å². The Hall–Kier alpha value is -0.770. The first-order chi connectivity index (χ1) is 8.27. The van der Waals surface area contributed by atoms with Crippen LogP contribution >= 0.6 is 11.6 Å². The Balaban J connectivity index is 1.83. The van der Waals surface area contributed by atoms with Crippen molar-refractivity contribution in [1.82, 2.24) is 5.32 Å². The van der Waals surface area contributed by atoms with E-state index in [9.17, 15) is 5.11 Å². The molecule has 1 aliphatic heterocycles. The summed E-state index contributed by atoms with van der Waals surface area (Å²) in [7, 11) is 0. The lowest BCUT2D eigenvalue weighted by Gasteiger charge is -2.27. The molecule has 0 aliphatic carbocycles. The van der Waals surface area contributed by atoms with E-state index in [-0.39, 0.29) is 0 Å². The van der Waals surface area contributed by atoms with Gasteiger partial charge in [0.15, 0.2) is 0 Å². The van der Waals surface area contributed by atoms with Crippen molar-refractivity contribution in [2.24, 2.45) is 5.92 Å². The zero-order valence-corrected chi connectivity index (χ0v) is 10.5. The smallest absolute Gasteiger partial charge is 0.138 e. The van der Waals surface area contributed by atoms with Gasteiger partial charge < -0.3 is 15.2 Å². The molecule has 1 aromatic carbocycles. The maximum atomic E-state index is 10.0. The van der Waals surface area contributed by atoms with Crippen LogP contribution in [-0.4, -0.2) is 30.9 Å². The number of rotatable bonds is 4. The van der Waals surface area contributed by atoms with E-state index in [4.69, 9.17) is 16.3 Å². The lowest BCUT2D eigenvalue weighted by molar-refractivity contribution is 0.0442. The Labute approximate surface area is 107 Å². The maximum absolute atomic E-state index is 10.0. The zero-order valence-electron chi connectivity index (χ0n) is 9.73. The Morgan fingerprint density at radius 1 is 1.35 bits per heavy atom. The van der Waals surface area contributed by atoms with Crippen LogP contribution in [0.4, 0.5) is 0 Å². The second kappa shape index (κ2) is 6.24. The van der Waals surface area contributed by atoms with E-state index in [1.807, 2.05) is 18.2 Å². The lowest BCUT2D eigenvalue weighted by atomic mass is 9.93. The number of hydrogen-bond acceptors (Lipinski definition) is 3. The van der Waals surface area contributed by atoms with E-state index in [2.05, 4.69) is 5.32 Å². The molecule has 2 rings (SSSR count). The number of hydrogen-bond donors (Lipinski definition) is 2. The SMILES string of the molecule is OC(COc1ccccc1Cl)C1CCNCC1. The average molecular weight is 256 g/mol. The summed E-state index contributed by atoms with van der Waals surface area (Å²) < 4.78 is 5.55. The molecule has 4 heteroatoms. The molecule has 1 saturated heterocycles. The van der Waals surface area contributed by atoms with Gasteiger partial charge in [-0.25, -0.2) is 0 Å². The molecular weight excluding hydrogens is 238 g/mol. The van der Waals surface area contributed by atoms with Gasteiger partial charge in [0, 0.05) is 0 Å². The summed E-state index contributed by atoms with van der Waals surface area (Å²) in [6, 6.07) is 7.34. The van der Waals surface area contributed by atoms with Gasteiger partial charge in [-0.15, -0.1) is 0 Å². The third-order valence-electron chi connectivity index (χ3n) is 3.17. The van der Waals surface area contributed by atoms with E-state index in [1.165, 1.54) is 0 Å². The van der Waals surface area contributed by atoms with Crippen molar-refractivity contribution in [2.45, 2.75) is 18.9 Å². The molecule has 0 bridgehead atoms. The van der Waals surface area contributed by atoms with Crippen molar-refractivity contribution < 1.29 is 9.84 Å². The average Bonchev–Trinajstić information content (AvgIpc) is 2.38. The van der Waals surface area contributed by atoms with Crippen molar-refractivity contribution in [1.29, 1.82) is 0 Å². The van der Waals surface area contributed by atoms with Crippen molar-refractivity contribution in [3.05, 3.63) is 29.3 Å². The standard InChI is InChI=1S/C13H18ClNO2/c14-11-3-1-2-4-13(11)17-9-12(16)10-5-7-15-8-6-10/h1-4,10,12,15-16H,5-9H2. The summed E-state index contributed by atoms with van der Waals surface area (Å²) in [6.45, 7) is 2.27. The molecule has 1 aliphatic rings. The second-order valence-electron chi connectivity index (χ2n) is 4.40. The molecule has 0 amide bonds. The van der Waals surface area contributed by atoms with E-state index >= 15 is 0 Å². The fourth-order valence-corrected chi connectivity index (χ4v) is 2.29. The first kappa shape index (κ1) is 12.7. The van der Waals surface area contributed by atoms with Crippen LogP contribution in [0.2, 0.25) is 5.02 Å². The number of aliphatic hydroxyl groups excluding tert-OH is 1. The molecule has 0 spiro atoms. The summed E-state index contributed by atoms with van der Waals surface area (Å²) >= 11 is 5.98. The van der Waals surface area contributed by atoms with Crippen molar-refractivity contribution in [3.8, 4) is 5.75 Å². The fraction of sp³-hybridized carbons (Fsp3) is 0.538. The molecule has 1 unspecified atom stereocenters. The predicted octanol–water partition coefficient (Wildman–Crippen LogP) is 2.08. The van der Waals surface area contributed by atoms with E-state index in [0.29, 0.717) is 23.3 Å². The molecule has 1 atom stereocenters. The van der Waals surface area contributed by atoms with Crippen LogP contribution in [0.25, 0.3) is 0 Å². The number of para-hydroxylation sites is 1. The van der Waals surface area contributed by atoms with Gasteiger partial charge in [0.25, 0.3) is 0 Å². The highest BCUT2D eigenvalue weighted by Gasteiger charge is 2.22. The molecule has 3 nitrogen and oxygen atoms in total. The lowest BCUT2D eigenvalue weighted by Crippen LogP contribution is -2.36. The Morgan fingerprint density at radius 2 is 2.06 bits per heavy atom. The number of benzene rings is 1. The minimum Gasteiger partial charge on any atom is -0.489 e. The highest BCUT2D eigenvalue weighted by molar-refractivity contribution is 6.32. The topological polar surface area (TPSA) is 41.5 Å². The molecule has 0 radical (unpaired) electrons. The van der Waals surface area contributed by atoms with Gasteiger partial charge in [-0.05, 0) is 44.0 Å². The molecule has 17 heavy (non-hydrogen) atoms. The minimum atomic E-state index is -0.409. The second-order valence-corrected chi connectivity index (χ2v) is 4.80. The molecule has 1 heterocycles. The van der Waals surface area contributed by atoms with Gasteiger partial charge >= 0.3 is 0 Å². The third-order valence-corrected chi connectivity index (χ3v) is 3.49. The van der Waals surface area contributed by atoms with Crippen LogP contribution in [0.5, 0.6) is 5.75 Å². The summed E-state index contributed by atoms with van der Waals surface area (Å²) in [5, 5.41) is 13.9. The van der Waals surface area contributed by atoms with E-state index in [1.54, 1.807) is 6.07 Å². The summed E-state index contributed by atoms with van der Waals surface area (Å²) in [4.78, 5) is 0. The normalized spacial score (nSPS) is 18.9. The maximum Gasteiger partial charge on any atom is 0.138 e. The van der Waals surface area contributed by atoms with Crippen LogP contribution < -0.4 is 10.1 Å². The van der Waals surface area contributed by atoms with Gasteiger partial charge in [0.05, 0.1) is 11.1 Å². The van der Waals surface area contributed by atoms with Gasteiger partial charge in [-0.2, -0.15) is 0 Å². The highest BCUT2D eigenvalue weighted by atomic mass is 35.5. The van der Waals surface area contributed by atoms with Gasteiger partial charge in [0.1, 0.15) is 12.4 Å². The van der Waals surface area contributed by atoms with Crippen LogP contribution in [0.15, 0.2) is 24.3 Å². The highest BCUT2D eigenvalue weighted by Crippen LogP contribution is 2.24. The largest absolute Gasteiger partial charge is 0.489 e. The minimum absolute atomic E-state index is 0.314. The summed E-state index contributed by atoms with van der Waals surface area (Å²) in [6.07, 6.45) is 1.61. The molecule has 94 valence electrons. The molecular formula is C13H18ClNO2. The number of halogens is 1. The molecule has 1 aromatic rings. The summed E-state index contributed by atoms with van der Waals surface area (Å²) in [5.41, 5.74) is 0. The van der Waals surface area contributed by atoms with Crippen LogP contribution in [0.1, 0.15) is 12.8 Å². The van der Waals surface area contributed by atoms with Crippen molar-refractivity contribution in [2.75, 3.05) is 19.7 Å². The monoisotopic (exact) mass is 255 g/mol. The Kier molecular flexibility index (Phi) is 4.66. The Bertz CT molecular complexity index is 353. The quantitative estimate of drug-likeness (QED) is 0.866. The van der Waals surface area contributed by atoms with Crippen LogP contribution in [0, 0.1) is 5.92 Å². The zero-order chi connectivity index (χ0) is 12.1. The molecule has 1 fully saturated rings. The van der Waals surface area contributed by atoms with Gasteiger partial charge in [0.2, 0.25) is 0 Å². The van der Waals surface area contributed by atoms with Crippen molar-refractivity contribution in [3.63, 3.8) is 0 Å². The predicted molar refractivity (Wildman–Crippen MR) is 68.5 cm³/mol. The Morgan fingerprint density at radius 3 is 2.76 bits per heavy atom. The summed E-state index contributed by atoms with van der Waals surface area (Å²) in [5.74, 6) is 0.973. The first-order valence-electron chi connectivity index (χ1n) is 6.03. The number of ether oxygens (including phenoxy) is 1. The molecule has 2 N–H and O–H groups in total. The fourth-order valence-electron chi connectivity index (χ4n) is 2.10. The van der Waals surface area contributed by atoms with Gasteiger partial charge in [-0.3, -0.25) is 0 Å². The number of aliphatic hydroxyl groups is 1. The molecule has 0 aromatic heterocycles. The first-order valence-corrected chi connectivity index (χ1v) is 6.41. The number of piperidine rings is 1. The molecule has 0 saturated carbocycles. The van der Waals surface area contributed by atoms with E-state index < -0.39 is 6.10 Å². The van der Waals surface area contributed by atoms with Crippen molar-refractivity contribution >= 4 is 11.6 Å². The van der Waals surface area contributed by atoms with E-state index in [0.717, 1.165) is 25.9 Å². The van der Waals surface area contributed by atoms with Crippen LogP contribution in [0.3, 0.4) is 0 Å².